The molecule has 0 aliphatic rings. The number of aromatic nitrogens is 2. The third-order valence-electron chi connectivity index (χ3n) is 2.41. The number of carbonyl (C=O) groups excluding carboxylic acids is 1. The Morgan fingerprint density at radius 1 is 1.39 bits per heavy atom. The first kappa shape index (κ1) is 14.2. The summed E-state index contributed by atoms with van der Waals surface area (Å²) in [6.07, 6.45) is 2.76. The van der Waals surface area contributed by atoms with Crippen LogP contribution in [0.25, 0.3) is 0 Å². The van der Waals surface area contributed by atoms with Gasteiger partial charge in [0.1, 0.15) is 5.82 Å². The average molecular weight is 251 g/mol. The smallest absolute Gasteiger partial charge is 0.241 e. The Labute approximate surface area is 108 Å². The van der Waals surface area contributed by atoms with Crippen molar-refractivity contribution in [1.82, 2.24) is 14.9 Å². The molecule has 1 amide bonds. The van der Waals surface area contributed by atoms with Crippen LogP contribution in [0.4, 0.5) is 11.8 Å². The van der Waals surface area contributed by atoms with Crippen LogP contribution in [0.2, 0.25) is 0 Å². The van der Waals surface area contributed by atoms with Crippen LogP contribution in [0, 0.1) is 6.92 Å². The lowest BCUT2D eigenvalue weighted by atomic mass is 10.3. The summed E-state index contributed by atoms with van der Waals surface area (Å²) in [5.74, 6) is 1.29. The van der Waals surface area contributed by atoms with Gasteiger partial charge in [-0.15, -0.1) is 0 Å². The lowest BCUT2D eigenvalue weighted by Crippen LogP contribution is -2.29. The zero-order valence-electron chi connectivity index (χ0n) is 11.4. The van der Waals surface area contributed by atoms with Crippen molar-refractivity contribution in [3.63, 3.8) is 0 Å². The molecule has 0 spiro atoms. The van der Waals surface area contributed by atoms with E-state index in [4.69, 9.17) is 0 Å². The predicted octanol–water partition coefficient (Wildman–Crippen LogP) is 1.11. The summed E-state index contributed by atoms with van der Waals surface area (Å²) >= 11 is 0. The maximum atomic E-state index is 11.5. The Balaban J connectivity index is 2.66. The molecule has 1 aromatic rings. The van der Waals surface area contributed by atoms with Gasteiger partial charge in [-0.05, 0) is 13.3 Å². The minimum atomic E-state index is 0.0103. The topological polar surface area (TPSA) is 70.2 Å². The maximum absolute atomic E-state index is 11.5. The Morgan fingerprint density at radius 2 is 2.11 bits per heavy atom. The normalized spacial score (nSPS) is 10.0. The Kier molecular flexibility index (Phi) is 5.35. The van der Waals surface area contributed by atoms with E-state index in [2.05, 4.69) is 27.5 Å². The van der Waals surface area contributed by atoms with Gasteiger partial charge in [0.05, 0.1) is 6.54 Å². The largest absolute Gasteiger partial charge is 0.361 e. The number of rotatable bonds is 6. The van der Waals surface area contributed by atoms with Gasteiger partial charge in [0.15, 0.2) is 0 Å². The Morgan fingerprint density at radius 3 is 2.72 bits per heavy atom. The van der Waals surface area contributed by atoms with Crippen molar-refractivity contribution >= 4 is 17.7 Å². The Bertz CT molecular complexity index is 405. The number of amides is 1. The molecule has 2 N–H and O–H groups in total. The summed E-state index contributed by atoms with van der Waals surface area (Å²) in [4.78, 5) is 21.5. The van der Waals surface area contributed by atoms with Gasteiger partial charge < -0.3 is 15.5 Å². The molecule has 1 heterocycles. The van der Waals surface area contributed by atoms with Crippen molar-refractivity contribution in [2.45, 2.75) is 20.3 Å². The van der Waals surface area contributed by atoms with Crippen LogP contribution in [0.1, 0.15) is 18.9 Å². The monoisotopic (exact) mass is 251 g/mol. The van der Waals surface area contributed by atoms with Crippen molar-refractivity contribution in [2.75, 3.05) is 37.8 Å². The number of anilines is 2. The molecule has 1 rings (SSSR count). The van der Waals surface area contributed by atoms with Crippen molar-refractivity contribution in [3.05, 3.63) is 11.8 Å². The van der Waals surface area contributed by atoms with Crippen LogP contribution < -0.4 is 10.6 Å². The van der Waals surface area contributed by atoms with Crippen LogP contribution >= 0.6 is 0 Å². The van der Waals surface area contributed by atoms with Gasteiger partial charge in [-0.2, -0.15) is 4.98 Å². The molecule has 0 atom stereocenters. The minimum absolute atomic E-state index is 0.0103. The first-order valence-corrected chi connectivity index (χ1v) is 6.06. The molecule has 0 saturated carbocycles. The molecule has 0 aliphatic heterocycles. The van der Waals surface area contributed by atoms with Crippen LogP contribution in [0.3, 0.4) is 0 Å². The van der Waals surface area contributed by atoms with Gasteiger partial charge in [0, 0.05) is 32.4 Å². The van der Waals surface area contributed by atoms with E-state index in [1.54, 1.807) is 25.2 Å². The fraction of sp³-hybridized carbons (Fsp3) is 0.583. The molecule has 1 aromatic heterocycles. The van der Waals surface area contributed by atoms with E-state index in [-0.39, 0.29) is 12.5 Å². The van der Waals surface area contributed by atoms with Gasteiger partial charge in [0.25, 0.3) is 0 Å². The molecule has 0 fully saturated rings. The summed E-state index contributed by atoms with van der Waals surface area (Å²) in [6, 6.07) is 0. The summed E-state index contributed by atoms with van der Waals surface area (Å²) in [5, 5.41) is 6.14. The van der Waals surface area contributed by atoms with Gasteiger partial charge >= 0.3 is 0 Å². The van der Waals surface area contributed by atoms with E-state index in [9.17, 15) is 4.79 Å². The first-order valence-electron chi connectivity index (χ1n) is 6.06. The number of likely N-dealkylation sites (N-methyl/N-ethyl adjacent to an activating group) is 1. The molecule has 0 saturated heterocycles. The van der Waals surface area contributed by atoms with E-state index >= 15 is 0 Å². The molecule has 0 unspecified atom stereocenters. The number of carbonyl (C=O) groups is 1. The lowest BCUT2D eigenvalue weighted by Gasteiger charge is -2.13. The third-order valence-corrected chi connectivity index (χ3v) is 2.41. The first-order chi connectivity index (χ1) is 8.54. The average Bonchev–Trinajstić information content (AvgIpc) is 2.35. The Hall–Kier alpha value is -1.85. The van der Waals surface area contributed by atoms with Gasteiger partial charge in [-0.1, -0.05) is 6.92 Å². The van der Waals surface area contributed by atoms with E-state index in [0.29, 0.717) is 11.8 Å². The second-order valence-corrected chi connectivity index (χ2v) is 4.29. The fourth-order valence-electron chi connectivity index (χ4n) is 1.26. The van der Waals surface area contributed by atoms with Crippen LogP contribution in [0.15, 0.2) is 6.20 Å². The molecular weight excluding hydrogens is 230 g/mol. The zero-order chi connectivity index (χ0) is 13.5. The molecule has 6 nitrogen and oxygen atoms in total. The van der Waals surface area contributed by atoms with Gasteiger partial charge in [0.2, 0.25) is 11.9 Å². The van der Waals surface area contributed by atoms with Gasteiger partial charge in [-0.25, -0.2) is 4.98 Å². The minimum Gasteiger partial charge on any atom is -0.361 e. The van der Waals surface area contributed by atoms with Crippen LogP contribution in [-0.4, -0.2) is 48.0 Å². The number of nitrogens with one attached hydrogen (secondary N) is 2. The third kappa shape index (κ3) is 4.20. The molecular formula is C12H21N5O. The highest BCUT2D eigenvalue weighted by molar-refractivity contribution is 5.80. The summed E-state index contributed by atoms with van der Waals surface area (Å²) in [7, 11) is 3.45. The SMILES string of the molecule is CCCNc1ncc(C)c(NCC(=O)N(C)C)n1. The second-order valence-electron chi connectivity index (χ2n) is 4.29. The highest BCUT2D eigenvalue weighted by Crippen LogP contribution is 2.12. The van der Waals surface area contributed by atoms with Crippen molar-refractivity contribution < 1.29 is 4.79 Å². The molecule has 0 aliphatic carbocycles. The van der Waals surface area contributed by atoms with E-state index in [1.165, 1.54) is 0 Å². The van der Waals surface area contributed by atoms with Crippen LogP contribution in [0.5, 0.6) is 0 Å². The number of hydrogen-bond acceptors (Lipinski definition) is 5. The quantitative estimate of drug-likeness (QED) is 0.792. The maximum Gasteiger partial charge on any atom is 0.241 e. The molecule has 0 radical (unpaired) electrons. The van der Waals surface area contributed by atoms with Crippen molar-refractivity contribution in [3.8, 4) is 0 Å². The van der Waals surface area contributed by atoms with Gasteiger partial charge in [-0.3, -0.25) is 4.79 Å². The standard InChI is InChI=1S/C12H21N5O/c1-5-6-13-12-15-7-9(2)11(16-12)14-8-10(18)17(3)4/h7H,5-6,8H2,1-4H3,(H2,13,14,15,16). The molecule has 100 valence electrons. The fourth-order valence-corrected chi connectivity index (χ4v) is 1.26. The second kappa shape index (κ2) is 6.78. The lowest BCUT2D eigenvalue weighted by molar-refractivity contribution is -0.126. The molecule has 6 heteroatoms. The van der Waals surface area contributed by atoms with Crippen molar-refractivity contribution in [1.29, 1.82) is 0 Å². The molecule has 0 aromatic carbocycles. The summed E-state index contributed by atoms with van der Waals surface area (Å²) in [5.41, 5.74) is 0.920. The number of nitrogens with zero attached hydrogens (tertiary/aromatic N) is 3. The highest BCUT2D eigenvalue weighted by atomic mass is 16.2. The molecule has 0 bridgehead atoms. The highest BCUT2D eigenvalue weighted by Gasteiger charge is 2.07. The summed E-state index contributed by atoms with van der Waals surface area (Å²) < 4.78 is 0. The van der Waals surface area contributed by atoms with E-state index < -0.39 is 0 Å². The molecule has 18 heavy (non-hydrogen) atoms. The number of aryl methyl sites for hydroxylation is 1. The summed E-state index contributed by atoms with van der Waals surface area (Å²) in [6.45, 7) is 5.05. The number of hydrogen-bond donors (Lipinski definition) is 2. The van der Waals surface area contributed by atoms with E-state index in [1.807, 2.05) is 6.92 Å². The van der Waals surface area contributed by atoms with E-state index in [0.717, 1.165) is 18.5 Å². The zero-order valence-corrected chi connectivity index (χ0v) is 11.4. The van der Waals surface area contributed by atoms with Crippen LogP contribution in [-0.2, 0) is 4.79 Å². The predicted molar refractivity (Wildman–Crippen MR) is 72.7 cm³/mol. The van der Waals surface area contributed by atoms with Crippen molar-refractivity contribution in [2.24, 2.45) is 0 Å².